The topological polar surface area (TPSA) is 143 Å². The number of nitrogens with one attached hydrogen (secondary N) is 3. The van der Waals surface area contributed by atoms with Crippen molar-refractivity contribution in [2.75, 3.05) is 35.5 Å². The molecule has 1 aliphatic heterocycles. The van der Waals surface area contributed by atoms with Crippen LogP contribution in [0, 0.1) is 0 Å². The number of carbonyl (C=O) groups excluding carboxylic acids is 1. The maximum atomic E-state index is 12.9. The van der Waals surface area contributed by atoms with Gasteiger partial charge in [-0.25, -0.2) is 13.2 Å². The number of rotatable bonds is 13. The van der Waals surface area contributed by atoms with Gasteiger partial charge in [0.2, 0.25) is 16.8 Å². The van der Waals surface area contributed by atoms with Crippen LogP contribution in [0.4, 0.5) is 10.5 Å². The van der Waals surface area contributed by atoms with E-state index in [9.17, 15) is 23.1 Å². The molecule has 10 nitrogen and oxygen atoms in total. The molecule has 1 aliphatic rings. The van der Waals surface area contributed by atoms with E-state index in [0.29, 0.717) is 34.9 Å². The second-order valence-electron chi connectivity index (χ2n) is 8.07. The first kappa shape index (κ1) is 27.8. The minimum absolute atomic E-state index is 0.0955. The smallest absolute Gasteiger partial charge is 0.315 e. The number of aliphatic carboxylic acids is 1. The van der Waals surface area contributed by atoms with Gasteiger partial charge in [-0.05, 0) is 54.3 Å². The fourth-order valence-corrected chi connectivity index (χ4v) is 5.56. The van der Waals surface area contributed by atoms with E-state index >= 15 is 0 Å². The lowest BCUT2D eigenvalue weighted by Gasteiger charge is -2.22. The van der Waals surface area contributed by atoms with Crippen molar-refractivity contribution in [3.8, 4) is 11.5 Å². The molecule has 2 aromatic rings. The van der Waals surface area contributed by atoms with Crippen LogP contribution >= 0.6 is 23.5 Å². The van der Waals surface area contributed by atoms with Gasteiger partial charge in [-0.1, -0.05) is 12.1 Å². The van der Waals surface area contributed by atoms with E-state index in [2.05, 4.69) is 15.4 Å². The molecule has 36 heavy (non-hydrogen) atoms. The third-order valence-corrected chi connectivity index (χ3v) is 7.48. The van der Waals surface area contributed by atoms with Gasteiger partial charge in [0, 0.05) is 22.4 Å². The van der Waals surface area contributed by atoms with Crippen molar-refractivity contribution in [2.24, 2.45) is 0 Å². The molecule has 0 bridgehead atoms. The number of ether oxygens (including phenoxy) is 2. The molecule has 4 N–H and O–H groups in total. The summed E-state index contributed by atoms with van der Waals surface area (Å²) in [4.78, 5) is 25.2. The van der Waals surface area contributed by atoms with Crippen LogP contribution in [0.3, 0.4) is 0 Å². The highest BCUT2D eigenvalue weighted by atomic mass is 32.2. The average molecular weight is 556 g/mol. The van der Waals surface area contributed by atoms with Crippen LogP contribution in [-0.4, -0.2) is 62.4 Å². The summed E-state index contributed by atoms with van der Waals surface area (Å²) < 4.78 is 36.1. The van der Waals surface area contributed by atoms with Crippen LogP contribution in [0.1, 0.15) is 24.4 Å². The highest BCUT2D eigenvalue weighted by Crippen LogP contribution is 2.35. The first-order valence-electron chi connectivity index (χ1n) is 11.0. The quantitative estimate of drug-likeness (QED) is 0.273. The van der Waals surface area contributed by atoms with E-state index in [1.165, 1.54) is 11.8 Å². The molecule has 0 spiro atoms. The van der Waals surface area contributed by atoms with Crippen LogP contribution in [0.15, 0.2) is 47.4 Å². The van der Waals surface area contributed by atoms with Crippen LogP contribution in [-0.2, 0) is 14.8 Å². The molecule has 13 heteroatoms. The molecule has 0 aliphatic carbocycles. The molecule has 2 atom stereocenters. The molecule has 0 aromatic heterocycles. The van der Waals surface area contributed by atoms with E-state index < -0.39 is 28.1 Å². The highest BCUT2D eigenvalue weighted by Gasteiger charge is 2.23. The van der Waals surface area contributed by atoms with E-state index in [0.717, 1.165) is 16.9 Å². The fraction of sp³-hybridized carbons (Fsp3) is 0.391. The zero-order valence-electron chi connectivity index (χ0n) is 19.9. The standard InChI is InChI=1S/C23H29N3O7S3/c1-34-9-8-17(13-35-18-5-3-4-16(11-18)26-36(2,30)31)24-23(29)25-19(12-22(27)28)15-6-7-20-21(10-15)33-14-32-20/h3-7,10-11,17,19,26H,8-9,12-14H2,1-2H3,(H,27,28)(H2,24,25,29)/t17-,19-/m0/s1. The number of benzene rings is 2. The highest BCUT2D eigenvalue weighted by molar-refractivity contribution is 7.99. The van der Waals surface area contributed by atoms with Gasteiger partial charge in [0.25, 0.3) is 0 Å². The summed E-state index contributed by atoms with van der Waals surface area (Å²) in [6.45, 7) is 0.0955. The Labute approximate surface area is 218 Å². The number of hydrogen-bond donors (Lipinski definition) is 4. The SMILES string of the molecule is CSCC[C@@H](CSc1cccc(NS(C)(=O)=O)c1)NC(=O)N[C@@H](CC(=O)O)c1ccc2c(c1)OCO2. The summed E-state index contributed by atoms with van der Waals surface area (Å²) in [5.41, 5.74) is 1.07. The Morgan fingerprint density at radius 1 is 1.11 bits per heavy atom. The number of carboxylic acids is 1. The predicted molar refractivity (Wildman–Crippen MR) is 142 cm³/mol. The predicted octanol–water partition coefficient (Wildman–Crippen LogP) is 3.52. The number of urea groups is 1. The fourth-order valence-electron chi connectivity index (χ4n) is 3.46. The molecule has 2 amide bonds. The molecule has 0 unspecified atom stereocenters. The summed E-state index contributed by atoms with van der Waals surface area (Å²) in [6.07, 6.45) is 3.48. The van der Waals surface area contributed by atoms with Gasteiger partial charge in [-0.15, -0.1) is 11.8 Å². The number of carboxylic acid groups (broad SMARTS) is 1. The van der Waals surface area contributed by atoms with Gasteiger partial charge in [-0.3, -0.25) is 9.52 Å². The van der Waals surface area contributed by atoms with Gasteiger partial charge < -0.3 is 25.2 Å². The maximum Gasteiger partial charge on any atom is 0.315 e. The zero-order chi connectivity index (χ0) is 26.1. The van der Waals surface area contributed by atoms with E-state index in [1.807, 2.05) is 12.3 Å². The lowest BCUT2D eigenvalue weighted by atomic mass is 10.0. The third kappa shape index (κ3) is 9.03. The Morgan fingerprint density at radius 2 is 1.89 bits per heavy atom. The van der Waals surface area contributed by atoms with Gasteiger partial charge in [0.05, 0.1) is 18.7 Å². The van der Waals surface area contributed by atoms with Crippen molar-refractivity contribution in [3.05, 3.63) is 48.0 Å². The number of carbonyl (C=O) groups is 2. The minimum Gasteiger partial charge on any atom is -0.481 e. The van der Waals surface area contributed by atoms with Crippen molar-refractivity contribution in [2.45, 2.75) is 29.8 Å². The van der Waals surface area contributed by atoms with E-state index in [1.54, 1.807) is 48.2 Å². The second-order valence-corrected chi connectivity index (χ2v) is 11.9. The third-order valence-electron chi connectivity index (χ3n) is 5.08. The van der Waals surface area contributed by atoms with E-state index in [-0.39, 0.29) is 19.3 Å². The molecule has 0 saturated carbocycles. The molecule has 1 heterocycles. The number of hydrogen-bond acceptors (Lipinski definition) is 8. The van der Waals surface area contributed by atoms with Gasteiger partial charge >= 0.3 is 12.0 Å². The molecule has 3 rings (SSSR count). The number of amides is 2. The largest absolute Gasteiger partial charge is 0.481 e. The van der Waals surface area contributed by atoms with Crippen molar-refractivity contribution in [3.63, 3.8) is 0 Å². The zero-order valence-corrected chi connectivity index (χ0v) is 22.3. The normalized spacial score (nSPS) is 14.1. The monoisotopic (exact) mass is 555 g/mol. The number of thioether (sulfide) groups is 2. The maximum absolute atomic E-state index is 12.9. The van der Waals surface area contributed by atoms with Gasteiger partial charge in [-0.2, -0.15) is 11.8 Å². The number of sulfonamides is 1. The minimum atomic E-state index is -3.38. The Kier molecular flexibility index (Phi) is 10.0. The number of fused-ring (bicyclic) bond motifs is 1. The molecule has 196 valence electrons. The summed E-state index contributed by atoms with van der Waals surface area (Å²) in [5.74, 6) is 1.40. The van der Waals surface area contributed by atoms with Gasteiger partial charge in [0.1, 0.15) is 0 Å². The Morgan fingerprint density at radius 3 is 2.61 bits per heavy atom. The lowest BCUT2D eigenvalue weighted by molar-refractivity contribution is -0.137. The molecular formula is C23H29N3O7S3. The summed E-state index contributed by atoms with van der Waals surface area (Å²) >= 11 is 3.15. The first-order chi connectivity index (χ1) is 17.1. The summed E-state index contributed by atoms with van der Waals surface area (Å²) in [6, 6.07) is 10.7. The first-order valence-corrected chi connectivity index (χ1v) is 15.3. The Balaban J connectivity index is 1.64. The molecule has 0 saturated heterocycles. The summed E-state index contributed by atoms with van der Waals surface area (Å²) in [7, 11) is -3.38. The van der Waals surface area contributed by atoms with Crippen molar-refractivity contribution in [1.82, 2.24) is 10.6 Å². The summed E-state index contributed by atoms with van der Waals surface area (Å²) in [5, 5.41) is 15.1. The molecular weight excluding hydrogens is 526 g/mol. The second kappa shape index (κ2) is 13.0. The van der Waals surface area contributed by atoms with Crippen molar-refractivity contribution in [1.29, 1.82) is 0 Å². The Bertz CT molecular complexity index is 1180. The van der Waals surface area contributed by atoms with Crippen LogP contribution in [0.2, 0.25) is 0 Å². The van der Waals surface area contributed by atoms with E-state index in [4.69, 9.17) is 9.47 Å². The van der Waals surface area contributed by atoms with Crippen LogP contribution in [0.5, 0.6) is 11.5 Å². The Hall–Kier alpha value is -2.77. The number of anilines is 1. The van der Waals surface area contributed by atoms with Gasteiger partial charge in [0.15, 0.2) is 11.5 Å². The molecule has 0 radical (unpaired) electrons. The van der Waals surface area contributed by atoms with Crippen molar-refractivity contribution >= 4 is 51.2 Å². The van der Waals surface area contributed by atoms with Crippen molar-refractivity contribution < 1.29 is 32.6 Å². The lowest BCUT2D eigenvalue weighted by Crippen LogP contribution is -2.45. The van der Waals surface area contributed by atoms with Crippen LogP contribution in [0.25, 0.3) is 0 Å². The van der Waals surface area contributed by atoms with Crippen LogP contribution < -0.4 is 24.8 Å². The molecule has 2 aromatic carbocycles. The molecule has 0 fully saturated rings. The average Bonchev–Trinajstić information content (AvgIpc) is 3.27.